The Morgan fingerprint density at radius 3 is 2.33 bits per heavy atom. The number of hydrogen-bond donors (Lipinski definition) is 2. The van der Waals surface area contributed by atoms with E-state index in [9.17, 15) is 18.3 Å². The third-order valence-electron chi connectivity index (χ3n) is 4.02. The van der Waals surface area contributed by atoms with Gasteiger partial charge in [0.05, 0.1) is 11.2 Å². The van der Waals surface area contributed by atoms with Crippen LogP contribution in [0.15, 0.2) is 6.07 Å². The SMILES string of the molecule is CC.CCC(O)(c1cc2c(c(Cl)n1)OCC2(C)NSC(C)(C)C)C(F)(F)F. The van der Waals surface area contributed by atoms with Crippen molar-refractivity contribution in [1.29, 1.82) is 0 Å². The lowest BCUT2D eigenvalue weighted by Gasteiger charge is -2.31. The molecule has 0 spiro atoms. The molecule has 0 amide bonds. The summed E-state index contributed by atoms with van der Waals surface area (Å²) in [5, 5.41) is 10.0. The minimum Gasteiger partial charge on any atom is -0.488 e. The average molecular weight is 429 g/mol. The van der Waals surface area contributed by atoms with Gasteiger partial charge in [-0.2, -0.15) is 13.2 Å². The van der Waals surface area contributed by atoms with E-state index in [1.807, 2.05) is 41.5 Å². The zero-order chi connectivity index (χ0) is 21.3. The lowest BCUT2D eigenvalue weighted by molar-refractivity contribution is -0.269. The number of aliphatic hydroxyl groups is 1. The molecule has 2 heterocycles. The number of nitrogens with zero attached hydrogens (tertiary/aromatic N) is 1. The van der Waals surface area contributed by atoms with Crippen LogP contribution >= 0.6 is 23.5 Å². The first kappa shape index (κ1) is 24.3. The molecule has 2 N–H and O–H groups in total. The molecule has 1 aromatic heterocycles. The van der Waals surface area contributed by atoms with Crippen molar-refractivity contribution in [1.82, 2.24) is 9.71 Å². The van der Waals surface area contributed by atoms with Crippen molar-refractivity contribution in [3.8, 4) is 5.75 Å². The second-order valence-electron chi connectivity index (χ2n) is 7.32. The molecule has 2 rings (SSSR count). The first-order valence-corrected chi connectivity index (χ1v) is 10.0. The Morgan fingerprint density at radius 1 is 1.33 bits per heavy atom. The third-order valence-corrected chi connectivity index (χ3v) is 5.44. The summed E-state index contributed by atoms with van der Waals surface area (Å²) in [6.45, 7) is 13.3. The summed E-state index contributed by atoms with van der Waals surface area (Å²) in [7, 11) is 0. The van der Waals surface area contributed by atoms with Gasteiger partial charge in [0.1, 0.15) is 6.61 Å². The fourth-order valence-corrected chi connectivity index (χ4v) is 3.38. The highest BCUT2D eigenvalue weighted by molar-refractivity contribution is 7.98. The van der Waals surface area contributed by atoms with Crippen LogP contribution in [-0.2, 0) is 11.1 Å². The second kappa shape index (κ2) is 8.35. The van der Waals surface area contributed by atoms with Crippen LogP contribution in [0.3, 0.4) is 0 Å². The van der Waals surface area contributed by atoms with Crippen LogP contribution in [0.2, 0.25) is 5.15 Å². The Hall–Kier alpha value is -0.700. The third kappa shape index (κ3) is 5.02. The van der Waals surface area contributed by atoms with Crippen LogP contribution in [0, 0.1) is 0 Å². The molecule has 0 aromatic carbocycles. The van der Waals surface area contributed by atoms with E-state index in [0.717, 1.165) is 0 Å². The van der Waals surface area contributed by atoms with Crippen molar-refractivity contribution >= 4 is 23.5 Å². The zero-order valence-corrected chi connectivity index (χ0v) is 18.3. The highest BCUT2D eigenvalue weighted by Gasteiger charge is 2.55. The fourth-order valence-electron chi connectivity index (χ4n) is 2.43. The Labute approximate surface area is 168 Å². The molecular formula is C18H28ClF3N2O2S. The minimum atomic E-state index is -4.87. The van der Waals surface area contributed by atoms with Gasteiger partial charge in [0.2, 0.25) is 5.60 Å². The number of halogens is 4. The van der Waals surface area contributed by atoms with E-state index >= 15 is 0 Å². The van der Waals surface area contributed by atoms with Crippen LogP contribution in [0.25, 0.3) is 0 Å². The largest absolute Gasteiger partial charge is 0.488 e. The van der Waals surface area contributed by atoms with E-state index in [0.29, 0.717) is 5.56 Å². The summed E-state index contributed by atoms with van der Waals surface area (Å²) in [5.74, 6) is 0.246. The van der Waals surface area contributed by atoms with Gasteiger partial charge < -0.3 is 9.84 Å². The zero-order valence-electron chi connectivity index (χ0n) is 16.7. The molecule has 0 bridgehead atoms. The van der Waals surface area contributed by atoms with Gasteiger partial charge in [-0.15, -0.1) is 0 Å². The van der Waals surface area contributed by atoms with Crippen LogP contribution in [0.1, 0.15) is 66.1 Å². The van der Waals surface area contributed by atoms with Crippen molar-refractivity contribution in [2.45, 2.75) is 77.0 Å². The molecule has 0 saturated heterocycles. The molecule has 0 radical (unpaired) electrons. The van der Waals surface area contributed by atoms with E-state index < -0.39 is 29.4 Å². The van der Waals surface area contributed by atoms with Gasteiger partial charge in [0.25, 0.3) is 0 Å². The molecule has 0 aliphatic carbocycles. The van der Waals surface area contributed by atoms with Gasteiger partial charge in [0.15, 0.2) is 10.9 Å². The monoisotopic (exact) mass is 428 g/mol. The lowest BCUT2D eigenvalue weighted by atomic mass is 9.90. The number of alkyl halides is 3. The molecule has 0 saturated carbocycles. The van der Waals surface area contributed by atoms with E-state index in [1.54, 1.807) is 0 Å². The first-order chi connectivity index (χ1) is 12.2. The highest BCUT2D eigenvalue weighted by atomic mass is 35.5. The number of nitrogens with one attached hydrogen (secondary N) is 1. The Kier molecular flexibility index (Phi) is 7.53. The predicted octanol–water partition coefficient (Wildman–Crippen LogP) is 5.57. The number of aromatic nitrogens is 1. The molecule has 9 heteroatoms. The standard InChI is InChI=1S/C16H22ClF3N2O2S.C2H6/c1-6-15(23,16(18,19)20)10-7-9-11(12(17)21-10)24-8-14(9,5)22-25-13(2,3)4;1-2/h7,22-23H,6,8H2,1-5H3;1-2H3. The maximum atomic E-state index is 13.4. The Bertz CT molecular complexity index is 667. The highest BCUT2D eigenvalue weighted by Crippen LogP contribution is 2.47. The Morgan fingerprint density at radius 2 is 1.89 bits per heavy atom. The first-order valence-electron chi connectivity index (χ1n) is 8.82. The van der Waals surface area contributed by atoms with Crippen molar-refractivity contribution < 1.29 is 23.0 Å². The van der Waals surface area contributed by atoms with Crippen LogP contribution in [0.5, 0.6) is 5.75 Å². The van der Waals surface area contributed by atoms with Crippen molar-refractivity contribution in [3.63, 3.8) is 0 Å². The lowest BCUT2D eigenvalue weighted by Crippen LogP contribution is -2.43. The maximum absolute atomic E-state index is 13.4. The molecule has 27 heavy (non-hydrogen) atoms. The van der Waals surface area contributed by atoms with Crippen molar-refractivity contribution in [2.75, 3.05) is 6.61 Å². The summed E-state index contributed by atoms with van der Waals surface area (Å²) >= 11 is 7.50. The van der Waals surface area contributed by atoms with Gasteiger partial charge in [-0.05, 0) is 40.2 Å². The summed E-state index contributed by atoms with van der Waals surface area (Å²) < 4.78 is 48.9. The number of hydrogen-bond acceptors (Lipinski definition) is 5. The molecule has 2 unspecified atom stereocenters. The normalized spacial score (nSPS) is 21.6. The van der Waals surface area contributed by atoms with Gasteiger partial charge in [-0.3, -0.25) is 0 Å². The smallest absolute Gasteiger partial charge is 0.422 e. The molecule has 1 aliphatic rings. The van der Waals surface area contributed by atoms with E-state index in [-0.39, 0.29) is 22.3 Å². The summed E-state index contributed by atoms with van der Waals surface area (Å²) in [5.41, 5.74) is -3.89. The van der Waals surface area contributed by atoms with Gasteiger partial charge in [0, 0.05) is 10.3 Å². The number of ether oxygens (including phenoxy) is 1. The summed E-state index contributed by atoms with van der Waals surface area (Å²) in [6.07, 6.45) is -5.43. The van der Waals surface area contributed by atoms with Crippen LogP contribution < -0.4 is 9.46 Å². The van der Waals surface area contributed by atoms with Crippen LogP contribution in [-0.4, -0.2) is 27.6 Å². The van der Waals surface area contributed by atoms with E-state index in [2.05, 4.69) is 9.71 Å². The summed E-state index contributed by atoms with van der Waals surface area (Å²) in [6, 6.07) is 1.24. The van der Waals surface area contributed by atoms with Gasteiger partial charge >= 0.3 is 6.18 Å². The second-order valence-corrected chi connectivity index (χ2v) is 9.31. The van der Waals surface area contributed by atoms with Gasteiger partial charge in [-0.1, -0.05) is 44.3 Å². The molecule has 1 aromatic rings. The molecule has 4 nitrogen and oxygen atoms in total. The maximum Gasteiger partial charge on any atom is 0.422 e. The molecule has 156 valence electrons. The van der Waals surface area contributed by atoms with E-state index in [4.69, 9.17) is 16.3 Å². The fraction of sp³-hybridized carbons (Fsp3) is 0.722. The van der Waals surface area contributed by atoms with Crippen molar-refractivity contribution in [3.05, 3.63) is 22.5 Å². The van der Waals surface area contributed by atoms with Crippen molar-refractivity contribution in [2.24, 2.45) is 0 Å². The quantitative estimate of drug-likeness (QED) is 0.485. The topological polar surface area (TPSA) is 54.4 Å². The molecule has 2 atom stereocenters. The average Bonchev–Trinajstić information content (AvgIpc) is 2.91. The molecule has 0 fully saturated rings. The number of fused-ring (bicyclic) bond motifs is 1. The predicted molar refractivity (Wildman–Crippen MR) is 104 cm³/mol. The Balaban J connectivity index is 0.00000176. The number of rotatable bonds is 4. The van der Waals surface area contributed by atoms with Gasteiger partial charge in [-0.25, -0.2) is 9.71 Å². The minimum absolute atomic E-state index is 0.110. The van der Waals surface area contributed by atoms with E-state index in [1.165, 1.54) is 24.9 Å². The summed E-state index contributed by atoms with van der Waals surface area (Å²) in [4.78, 5) is 3.76. The number of pyridine rings is 1. The molecular weight excluding hydrogens is 401 g/mol. The molecule has 1 aliphatic heterocycles. The van der Waals surface area contributed by atoms with Crippen LogP contribution in [0.4, 0.5) is 13.2 Å².